The molecule has 1 aliphatic heterocycles. The van der Waals surface area contributed by atoms with Crippen molar-refractivity contribution in [3.8, 4) is 0 Å². The van der Waals surface area contributed by atoms with Gasteiger partial charge >= 0.3 is 0 Å². The third-order valence-electron chi connectivity index (χ3n) is 4.14. The van der Waals surface area contributed by atoms with E-state index in [2.05, 4.69) is 15.5 Å². The molecule has 0 radical (unpaired) electrons. The van der Waals surface area contributed by atoms with E-state index in [0.717, 1.165) is 25.8 Å². The van der Waals surface area contributed by atoms with E-state index in [1.165, 1.54) is 19.0 Å². The average molecular weight is 298 g/mol. The van der Waals surface area contributed by atoms with Crippen molar-refractivity contribution >= 4 is 10.0 Å². The summed E-state index contributed by atoms with van der Waals surface area (Å²) in [6.07, 6.45) is 6.80. The van der Waals surface area contributed by atoms with Gasteiger partial charge in [-0.1, -0.05) is 6.42 Å². The number of aromatic amines is 1. The second-order valence-electron chi connectivity index (χ2n) is 5.81. The second-order valence-corrected chi connectivity index (χ2v) is 7.67. The topological polar surface area (TPSA) is 78.1 Å². The Labute approximate surface area is 120 Å². The van der Waals surface area contributed by atoms with Gasteiger partial charge in [0.2, 0.25) is 10.0 Å². The molecule has 1 atom stereocenters. The summed E-state index contributed by atoms with van der Waals surface area (Å²) in [5.41, 5.74) is 0.618. The number of nitrogens with one attached hydrogen (secondary N) is 2. The summed E-state index contributed by atoms with van der Waals surface area (Å²) in [6.45, 7) is 3.33. The standard InChI is InChI=1S/C13H22N4O2S/c1-10-13(8-15-16-10)20(18,19)17(12-5-6-12)9-11-4-2-3-7-14-11/h8,11-12,14H,2-7,9H2,1H3,(H,15,16). The molecule has 0 amide bonds. The van der Waals surface area contributed by atoms with Gasteiger partial charge in [0, 0.05) is 18.6 Å². The van der Waals surface area contributed by atoms with Crippen LogP contribution in [0.25, 0.3) is 0 Å². The molecular weight excluding hydrogens is 276 g/mol. The largest absolute Gasteiger partial charge is 0.313 e. The number of hydrogen-bond acceptors (Lipinski definition) is 4. The summed E-state index contributed by atoms with van der Waals surface area (Å²) in [5.74, 6) is 0. The number of rotatable bonds is 5. The van der Waals surface area contributed by atoms with E-state index in [1.807, 2.05) is 0 Å². The number of piperidine rings is 1. The molecule has 6 nitrogen and oxygen atoms in total. The lowest BCUT2D eigenvalue weighted by Crippen LogP contribution is -2.46. The molecule has 0 spiro atoms. The van der Waals surface area contributed by atoms with Gasteiger partial charge in [0.05, 0.1) is 11.9 Å². The van der Waals surface area contributed by atoms with Crippen molar-refractivity contribution in [1.29, 1.82) is 0 Å². The molecular formula is C13H22N4O2S. The molecule has 1 saturated heterocycles. The van der Waals surface area contributed by atoms with Crippen LogP contribution >= 0.6 is 0 Å². The molecule has 1 unspecified atom stereocenters. The van der Waals surface area contributed by atoms with E-state index >= 15 is 0 Å². The van der Waals surface area contributed by atoms with Crippen LogP contribution in [-0.4, -0.2) is 48.1 Å². The van der Waals surface area contributed by atoms with E-state index in [9.17, 15) is 8.42 Å². The van der Waals surface area contributed by atoms with Crippen molar-refractivity contribution in [1.82, 2.24) is 19.8 Å². The summed E-state index contributed by atoms with van der Waals surface area (Å²) in [6, 6.07) is 0.462. The molecule has 1 saturated carbocycles. The Kier molecular flexibility index (Phi) is 3.83. The maximum Gasteiger partial charge on any atom is 0.246 e. The third-order valence-corrected chi connectivity index (χ3v) is 6.17. The van der Waals surface area contributed by atoms with Crippen LogP contribution in [0.2, 0.25) is 0 Å². The monoisotopic (exact) mass is 298 g/mol. The number of hydrogen-bond donors (Lipinski definition) is 2. The van der Waals surface area contributed by atoms with Crippen molar-refractivity contribution in [3.05, 3.63) is 11.9 Å². The van der Waals surface area contributed by atoms with E-state index in [0.29, 0.717) is 17.1 Å². The quantitative estimate of drug-likeness (QED) is 0.850. The molecule has 0 aromatic carbocycles. The minimum atomic E-state index is -3.42. The highest BCUT2D eigenvalue weighted by Gasteiger charge is 2.40. The highest BCUT2D eigenvalue weighted by Crippen LogP contribution is 2.33. The SMILES string of the molecule is Cc1[nH]ncc1S(=O)(=O)N(CC1CCCCN1)C1CC1. The zero-order valence-electron chi connectivity index (χ0n) is 11.8. The number of aryl methyl sites for hydroxylation is 1. The van der Waals surface area contributed by atoms with E-state index in [-0.39, 0.29) is 12.1 Å². The number of sulfonamides is 1. The Hall–Kier alpha value is -0.920. The van der Waals surface area contributed by atoms with E-state index in [1.54, 1.807) is 11.2 Å². The first-order valence-corrected chi connectivity index (χ1v) is 8.78. The van der Waals surface area contributed by atoms with Gasteiger partial charge in [-0.05, 0) is 39.2 Å². The number of nitrogens with zero attached hydrogens (tertiary/aromatic N) is 2. The Morgan fingerprint density at radius 2 is 2.15 bits per heavy atom. The molecule has 2 aliphatic rings. The van der Waals surface area contributed by atoms with Gasteiger partial charge in [-0.15, -0.1) is 0 Å². The second kappa shape index (κ2) is 5.46. The van der Waals surface area contributed by atoms with Crippen molar-refractivity contribution in [2.45, 2.75) is 56.0 Å². The maximum absolute atomic E-state index is 12.8. The Balaban J connectivity index is 1.81. The molecule has 2 fully saturated rings. The van der Waals surface area contributed by atoms with E-state index in [4.69, 9.17) is 0 Å². The predicted molar refractivity (Wildman–Crippen MR) is 75.9 cm³/mol. The lowest BCUT2D eigenvalue weighted by molar-refractivity contribution is 0.307. The van der Waals surface area contributed by atoms with Crippen LogP contribution in [0.5, 0.6) is 0 Å². The lowest BCUT2D eigenvalue weighted by Gasteiger charge is -2.30. The lowest BCUT2D eigenvalue weighted by atomic mass is 10.1. The fourth-order valence-corrected chi connectivity index (χ4v) is 4.68. The van der Waals surface area contributed by atoms with Gasteiger partial charge < -0.3 is 5.32 Å². The zero-order valence-corrected chi connectivity index (χ0v) is 12.6. The van der Waals surface area contributed by atoms with Crippen LogP contribution in [0, 0.1) is 6.92 Å². The predicted octanol–water partition coefficient (Wildman–Crippen LogP) is 1.01. The van der Waals surface area contributed by atoms with Gasteiger partial charge in [0.15, 0.2) is 0 Å². The van der Waals surface area contributed by atoms with E-state index < -0.39 is 10.0 Å². The minimum absolute atomic E-state index is 0.179. The van der Waals surface area contributed by atoms with Gasteiger partial charge in [-0.3, -0.25) is 5.10 Å². The summed E-state index contributed by atoms with van der Waals surface area (Å²) in [5, 5.41) is 10.0. The summed E-state index contributed by atoms with van der Waals surface area (Å²) in [7, 11) is -3.42. The summed E-state index contributed by atoms with van der Waals surface area (Å²) >= 11 is 0. The average Bonchev–Trinajstić information content (AvgIpc) is 3.18. The zero-order chi connectivity index (χ0) is 14.2. The molecule has 2 heterocycles. The highest BCUT2D eigenvalue weighted by molar-refractivity contribution is 7.89. The molecule has 2 N–H and O–H groups in total. The van der Waals surface area contributed by atoms with Crippen molar-refractivity contribution in [2.75, 3.05) is 13.1 Å². The molecule has 1 aliphatic carbocycles. The van der Waals surface area contributed by atoms with Gasteiger partial charge in [-0.2, -0.15) is 9.40 Å². The molecule has 20 heavy (non-hydrogen) atoms. The van der Waals surface area contributed by atoms with Crippen molar-refractivity contribution in [3.63, 3.8) is 0 Å². The molecule has 3 rings (SSSR count). The summed E-state index contributed by atoms with van der Waals surface area (Å²) in [4.78, 5) is 0.320. The third kappa shape index (κ3) is 2.75. The molecule has 112 valence electrons. The first-order valence-electron chi connectivity index (χ1n) is 7.34. The normalized spacial score (nSPS) is 24.2. The van der Waals surface area contributed by atoms with Crippen molar-refractivity contribution in [2.24, 2.45) is 0 Å². The first kappa shape index (κ1) is 14.0. The Morgan fingerprint density at radius 1 is 1.35 bits per heavy atom. The van der Waals surface area contributed by atoms with Crippen LogP contribution in [0.3, 0.4) is 0 Å². The Morgan fingerprint density at radius 3 is 2.70 bits per heavy atom. The van der Waals surface area contributed by atoms with Gasteiger partial charge in [0.1, 0.15) is 4.90 Å². The van der Waals surface area contributed by atoms with Crippen molar-refractivity contribution < 1.29 is 8.42 Å². The molecule has 1 aromatic rings. The maximum atomic E-state index is 12.8. The fourth-order valence-electron chi connectivity index (χ4n) is 2.83. The Bertz CT molecular complexity index is 559. The number of H-pyrrole nitrogens is 1. The van der Waals surface area contributed by atoms with Gasteiger partial charge in [-0.25, -0.2) is 8.42 Å². The molecule has 0 bridgehead atoms. The van der Waals surface area contributed by atoms with Crippen LogP contribution < -0.4 is 5.32 Å². The first-order chi connectivity index (χ1) is 9.59. The van der Waals surface area contributed by atoms with Crippen LogP contribution in [-0.2, 0) is 10.0 Å². The van der Waals surface area contributed by atoms with Crippen LogP contribution in [0.15, 0.2) is 11.1 Å². The minimum Gasteiger partial charge on any atom is -0.313 e. The highest BCUT2D eigenvalue weighted by atomic mass is 32.2. The summed E-state index contributed by atoms with van der Waals surface area (Å²) < 4.78 is 27.3. The number of aromatic nitrogens is 2. The smallest absolute Gasteiger partial charge is 0.246 e. The van der Waals surface area contributed by atoms with Crippen LogP contribution in [0.4, 0.5) is 0 Å². The van der Waals surface area contributed by atoms with Crippen LogP contribution in [0.1, 0.15) is 37.8 Å². The molecule has 1 aromatic heterocycles. The fraction of sp³-hybridized carbons (Fsp3) is 0.769. The van der Waals surface area contributed by atoms with Gasteiger partial charge in [0.25, 0.3) is 0 Å². The molecule has 7 heteroatoms.